The summed E-state index contributed by atoms with van der Waals surface area (Å²) in [6.45, 7) is 0. The molecule has 132 valence electrons. The smallest absolute Gasteiger partial charge is 0.331 e. The van der Waals surface area contributed by atoms with E-state index in [9.17, 15) is 14.7 Å². The average Bonchev–Trinajstić information content (AvgIpc) is 2.95. The van der Waals surface area contributed by atoms with E-state index < -0.39 is 11.9 Å². The highest BCUT2D eigenvalue weighted by atomic mass is 35.5. The minimum Gasteiger partial charge on any atom is -0.504 e. The van der Waals surface area contributed by atoms with Gasteiger partial charge < -0.3 is 14.6 Å². The third kappa shape index (κ3) is 4.74. The Morgan fingerprint density at radius 3 is 2.84 bits per heavy atom. The Hall–Kier alpha value is -2.52. The summed E-state index contributed by atoms with van der Waals surface area (Å²) in [4.78, 5) is 23.0. The number of alkyl halides is 1. The van der Waals surface area contributed by atoms with Crippen molar-refractivity contribution in [3.05, 3.63) is 34.2 Å². The molecule has 0 atom stereocenters. The van der Waals surface area contributed by atoms with Crippen LogP contribution >= 0.6 is 23.4 Å². The van der Waals surface area contributed by atoms with Gasteiger partial charge in [-0.1, -0.05) is 0 Å². The number of esters is 1. The number of nitrogens with zero attached hydrogens (tertiary/aromatic N) is 2. The largest absolute Gasteiger partial charge is 0.504 e. The normalized spacial score (nSPS) is 17.3. The van der Waals surface area contributed by atoms with E-state index in [0.29, 0.717) is 11.1 Å². The van der Waals surface area contributed by atoms with Gasteiger partial charge in [0.05, 0.1) is 31.2 Å². The summed E-state index contributed by atoms with van der Waals surface area (Å²) in [5.74, 6) is -0.755. The van der Waals surface area contributed by atoms with Crippen molar-refractivity contribution in [3.63, 3.8) is 0 Å². The standard InChI is InChI=1S/C15H14ClN3O5S/c1-23-10-4-8(3-9(6-16)13(10)21)7-17-19-15-18-14(22)11(25-15)5-12(20)24-2/h3-5,7,21H,6H2,1-2H3,(H,18,19,22)/b11-5+,17-7?. The Balaban J connectivity index is 2.16. The zero-order chi connectivity index (χ0) is 18.4. The summed E-state index contributed by atoms with van der Waals surface area (Å²) < 4.78 is 9.53. The van der Waals surface area contributed by atoms with E-state index in [-0.39, 0.29) is 27.5 Å². The molecule has 1 saturated heterocycles. The second-order valence-electron chi connectivity index (χ2n) is 4.60. The van der Waals surface area contributed by atoms with Crippen LogP contribution in [0.15, 0.2) is 33.3 Å². The number of hydrogen-bond acceptors (Lipinski definition) is 8. The molecule has 0 unspecified atom stereocenters. The zero-order valence-corrected chi connectivity index (χ0v) is 14.8. The lowest BCUT2D eigenvalue weighted by atomic mass is 10.1. The molecule has 0 aliphatic carbocycles. The number of amides is 1. The molecular weight excluding hydrogens is 370 g/mol. The number of carbonyl (C=O) groups excluding carboxylic acids is 2. The van der Waals surface area contributed by atoms with Gasteiger partial charge in [-0.3, -0.25) is 10.1 Å². The zero-order valence-electron chi connectivity index (χ0n) is 13.3. The first-order chi connectivity index (χ1) is 12.0. The van der Waals surface area contributed by atoms with Gasteiger partial charge in [-0.25, -0.2) is 4.79 Å². The van der Waals surface area contributed by atoms with Crippen molar-refractivity contribution in [2.45, 2.75) is 5.88 Å². The second-order valence-corrected chi connectivity index (χ2v) is 5.90. The van der Waals surface area contributed by atoms with Crippen LogP contribution in [-0.4, -0.2) is 42.6 Å². The van der Waals surface area contributed by atoms with Crippen molar-refractivity contribution >= 4 is 46.6 Å². The van der Waals surface area contributed by atoms with Crippen LogP contribution in [0.4, 0.5) is 0 Å². The second kappa shape index (κ2) is 8.54. The number of halogens is 1. The molecule has 2 rings (SSSR count). The molecule has 1 aliphatic heterocycles. The molecule has 0 bridgehead atoms. The van der Waals surface area contributed by atoms with Crippen molar-refractivity contribution in [2.24, 2.45) is 10.2 Å². The summed E-state index contributed by atoms with van der Waals surface area (Å²) in [5, 5.41) is 20.3. The monoisotopic (exact) mass is 383 g/mol. The van der Waals surface area contributed by atoms with Crippen LogP contribution in [0.2, 0.25) is 0 Å². The van der Waals surface area contributed by atoms with Crippen molar-refractivity contribution < 1.29 is 24.2 Å². The Kier molecular flexibility index (Phi) is 6.43. The maximum Gasteiger partial charge on any atom is 0.331 e. The topological polar surface area (TPSA) is 110 Å². The number of methoxy groups -OCH3 is 2. The van der Waals surface area contributed by atoms with E-state index in [0.717, 1.165) is 17.8 Å². The molecule has 1 aromatic carbocycles. The summed E-state index contributed by atoms with van der Waals surface area (Å²) >= 11 is 6.74. The summed E-state index contributed by atoms with van der Waals surface area (Å²) in [6.07, 6.45) is 2.49. The van der Waals surface area contributed by atoms with Crippen LogP contribution in [0.1, 0.15) is 11.1 Å². The number of carbonyl (C=O) groups is 2. The van der Waals surface area contributed by atoms with Crippen LogP contribution < -0.4 is 10.1 Å². The maximum atomic E-state index is 11.7. The van der Waals surface area contributed by atoms with Crippen LogP contribution in [-0.2, 0) is 20.2 Å². The van der Waals surface area contributed by atoms with Crippen LogP contribution in [0.25, 0.3) is 0 Å². The first-order valence-corrected chi connectivity index (χ1v) is 8.19. The number of nitrogens with one attached hydrogen (secondary N) is 1. The van der Waals surface area contributed by atoms with E-state index in [4.69, 9.17) is 16.3 Å². The van der Waals surface area contributed by atoms with Gasteiger partial charge in [0.15, 0.2) is 16.7 Å². The lowest BCUT2D eigenvalue weighted by molar-refractivity contribution is -0.135. The predicted octanol–water partition coefficient (Wildman–Crippen LogP) is 1.75. The average molecular weight is 384 g/mol. The fourth-order valence-corrected chi connectivity index (χ4v) is 2.75. The molecule has 25 heavy (non-hydrogen) atoms. The fourth-order valence-electron chi connectivity index (χ4n) is 1.81. The van der Waals surface area contributed by atoms with Gasteiger partial charge in [-0.2, -0.15) is 5.10 Å². The summed E-state index contributed by atoms with van der Waals surface area (Å²) in [6, 6.07) is 3.20. The minimum absolute atomic E-state index is 0.0304. The molecule has 1 amide bonds. The molecule has 1 fully saturated rings. The number of phenols is 1. The fraction of sp³-hybridized carbons (Fsp3) is 0.200. The molecule has 1 aliphatic rings. The van der Waals surface area contributed by atoms with E-state index in [1.54, 1.807) is 12.1 Å². The number of aromatic hydroxyl groups is 1. The first kappa shape index (κ1) is 18.8. The van der Waals surface area contributed by atoms with Gasteiger partial charge in [0.25, 0.3) is 5.91 Å². The molecule has 8 nitrogen and oxygen atoms in total. The molecule has 0 saturated carbocycles. The number of rotatable bonds is 5. The number of amidine groups is 1. The first-order valence-electron chi connectivity index (χ1n) is 6.84. The highest BCUT2D eigenvalue weighted by Gasteiger charge is 2.25. The molecule has 10 heteroatoms. The van der Waals surface area contributed by atoms with Crippen LogP contribution in [0, 0.1) is 0 Å². The van der Waals surface area contributed by atoms with E-state index in [1.807, 2.05) is 0 Å². The number of phenolic OH excluding ortho intramolecular Hbond substituents is 1. The van der Waals surface area contributed by atoms with Crippen molar-refractivity contribution in [1.82, 2.24) is 5.32 Å². The number of ether oxygens (including phenoxy) is 2. The Morgan fingerprint density at radius 1 is 1.44 bits per heavy atom. The van der Waals surface area contributed by atoms with Crippen molar-refractivity contribution in [1.29, 1.82) is 0 Å². The molecule has 0 radical (unpaired) electrons. The van der Waals surface area contributed by atoms with E-state index in [2.05, 4.69) is 20.3 Å². The molecule has 2 N–H and O–H groups in total. The quantitative estimate of drug-likeness (QED) is 0.263. The van der Waals surface area contributed by atoms with Crippen LogP contribution in [0.5, 0.6) is 11.5 Å². The lowest BCUT2D eigenvalue weighted by Gasteiger charge is -2.08. The van der Waals surface area contributed by atoms with Crippen molar-refractivity contribution in [3.8, 4) is 11.5 Å². The third-order valence-electron chi connectivity index (χ3n) is 3.00. The Bertz CT molecular complexity index is 766. The minimum atomic E-state index is -0.632. The molecule has 1 aromatic rings. The van der Waals surface area contributed by atoms with Gasteiger partial charge in [-0.15, -0.1) is 16.7 Å². The Labute approximate surface area is 152 Å². The Morgan fingerprint density at radius 2 is 2.20 bits per heavy atom. The van der Waals surface area contributed by atoms with Crippen molar-refractivity contribution in [2.75, 3.05) is 14.2 Å². The molecule has 1 heterocycles. The SMILES string of the molecule is COC(=O)/C=C1/S/C(=N\N=Cc2cc(CCl)c(O)c(OC)c2)NC1=O. The lowest BCUT2D eigenvalue weighted by Crippen LogP contribution is -2.19. The summed E-state index contributed by atoms with van der Waals surface area (Å²) in [5.41, 5.74) is 1.09. The van der Waals surface area contributed by atoms with E-state index >= 15 is 0 Å². The van der Waals surface area contributed by atoms with Crippen LogP contribution in [0.3, 0.4) is 0 Å². The van der Waals surface area contributed by atoms with Gasteiger partial charge in [-0.05, 0) is 29.5 Å². The predicted molar refractivity (Wildman–Crippen MR) is 95.1 cm³/mol. The number of hydrogen-bond donors (Lipinski definition) is 2. The molecular formula is C15H14ClN3O5S. The number of thioether (sulfide) groups is 1. The summed E-state index contributed by atoms with van der Waals surface area (Å²) in [7, 11) is 2.64. The maximum absolute atomic E-state index is 11.7. The number of benzene rings is 1. The highest BCUT2D eigenvalue weighted by molar-refractivity contribution is 8.18. The third-order valence-corrected chi connectivity index (χ3v) is 4.18. The van der Waals surface area contributed by atoms with E-state index in [1.165, 1.54) is 20.4 Å². The highest BCUT2D eigenvalue weighted by Crippen LogP contribution is 2.32. The molecule has 0 spiro atoms. The van der Waals surface area contributed by atoms with Gasteiger partial charge in [0.2, 0.25) is 0 Å². The van der Waals surface area contributed by atoms with Gasteiger partial charge in [0, 0.05) is 11.6 Å². The molecule has 0 aromatic heterocycles. The van der Waals surface area contributed by atoms with Gasteiger partial charge in [0.1, 0.15) is 0 Å². The van der Waals surface area contributed by atoms with Gasteiger partial charge >= 0.3 is 5.97 Å².